The first kappa shape index (κ1) is 38.5. The van der Waals surface area contributed by atoms with Crippen LogP contribution in [0.25, 0.3) is 0 Å². The Morgan fingerprint density at radius 3 is 2.04 bits per heavy atom. The molecule has 12 heteroatoms. The van der Waals surface area contributed by atoms with E-state index in [1.807, 2.05) is 51.1 Å². The molecule has 12 nitrogen and oxygen atoms in total. The van der Waals surface area contributed by atoms with Gasteiger partial charge in [-0.05, 0) is 55.4 Å². The number of nitrogens with two attached hydrogens (primary N) is 1. The first-order valence-electron chi connectivity index (χ1n) is 17.4. The highest BCUT2D eigenvalue weighted by Gasteiger charge is 2.42. The number of likely N-dealkylation sites (N-methyl/N-ethyl adjacent to an activating group) is 1. The van der Waals surface area contributed by atoms with Crippen molar-refractivity contribution < 1.29 is 28.8 Å². The molecule has 0 bridgehead atoms. The second-order valence-electron chi connectivity index (χ2n) is 14.8. The van der Waals surface area contributed by atoms with E-state index < -0.39 is 53.2 Å². The molecule has 4 rings (SSSR count). The van der Waals surface area contributed by atoms with Gasteiger partial charge in [0.15, 0.2) is 0 Å². The minimum atomic E-state index is -1.15. The van der Waals surface area contributed by atoms with E-state index in [2.05, 4.69) is 22.9 Å². The summed E-state index contributed by atoms with van der Waals surface area (Å²) in [7, 11) is 1.69. The van der Waals surface area contributed by atoms with Crippen LogP contribution in [-0.2, 0) is 30.5 Å². The van der Waals surface area contributed by atoms with Crippen molar-refractivity contribution in [3.05, 3.63) is 35.9 Å². The van der Waals surface area contributed by atoms with Crippen LogP contribution < -0.4 is 21.7 Å². The Morgan fingerprint density at radius 1 is 0.896 bits per heavy atom. The van der Waals surface area contributed by atoms with Crippen molar-refractivity contribution in [2.24, 2.45) is 23.0 Å². The maximum Gasteiger partial charge on any atom is 0.316 e. The number of hydrogen-bond acceptors (Lipinski definition) is 6. The molecule has 2 saturated carbocycles. The standard InChI is InChI=1S/C32H48N6O6.C4H8/c1-20(25(39)27(33)40)34-28(41)23-17-12-18-38(23)29(42)24(22-15-10-7-11-16-22)35-31(44)36-26(32(2,3)4)30(43)37(5)19-21-13-8-6-9-14-21;1-4-2-3-4/h6,8-9,13-14,20,22-24,26H,7,10-12,15-19H2,1-5H3,(H2,33,40)(H,34,41)(H2,35,36,44);4H,2-3H2,1H3/t20?,23-,24?,26?;/m0./s1. The lowest BCUT2D eigenvalue weighted by molar-refractivity contribution is -0.142. The molecule has 2 aliphatic carbocycles. The summed E-state index contributed by atoms with van der Waals surface area (Å²) in [5.74, 6) is -2.31. The molecule has 3 unspecified atom stereocenters. The van der Waals surface area contributed by atoms with Gasteiger partial charge >= 0.3 is 6.03 Å². The number of nitrogens with one attached hydrogen (secondary N) is 3. The Bertz CT molecular complexity index is 1290. The fraction of sp³-hybridized carbons (Fsp3) is 0.667. The molecule has 48 heavy (non-hydrogen) atoms. The summed E-state index contributed by atoms with van der Waals surface area (Å²) >= 11 is 0. The van der Waals surface area contributed by atoms with Crippen molar-refractivity contribution in [2.45, 2.75) is 123 Å². The summed E-state index contributed by atoms with van der Waals surface area (Å²) in [6.07, 6.45) is 8.29. The third kappa shape index (κ3) is 11.3. The number of likely N-dealkylation sites (tertiary alicyclic amines) is 1. The van der Waals surface area contributed by atoms with Gasteiger partial charge in [0.2, 0.25) is 23.5 Å². The number of carbonyl (C=O) groups is 6. The highest BCUT2D eigenvalue weighted by atomic mass is 16.2. The van der Waals surface area contributed by atoms with Crippen LogP contribution in [0.1, 0.15) is 98.0 Å². The minimum Gasteiger partial charge on any atom is -0.363 e. The SMILES string of the molecule is CC(NC(=O)[C@@H]1CCCN1C(=O)C(NC(=O)NC(C(=O)N(C)Cc1ccccc1)C(C)(C)C)C1CCCCC1)C(=O)C(N)=O.CC1CC1. The lowest BCUT2D eigenvalue weighted by Gasteiger charge is -2.36. The van der Waals surface area contributed by atoms with Gasteiger partial charge in [0, 0.05) is 20.1 Å². The maximum absolute atomic E-state index is 14.0. The van der Waals surface area contributed by atoms with Gasteiger partial charge < -0.3 is 31.5 Å². The highest BCUT2D eigenvalue weighted by molar-refractivity contribution is 6.37. The number of nitrogens with zero attached hydrogens (tertiary/aromatic N) is 2. The molecule has 3 aliphatic rings. The molecule has 0 radical (unpaired) electrons. The summed E-state index contributed by atoms with van der Waals surface area (Å²) in [5, 5.41) is 8.24. The van der Waals surface area contributed by atoms with Gasteiger partial charge in [-0.3, -0.25) is 24.0 Å². The molecular weight excluding hydrogens is 612 g/mol. The molecule has 5 N–H and O–H groups in total. The van der Waals surface area contributed by atoms with Crippen LogP contribution in [0.3, 0.4) is 0 Å². The lowest BCUT2D eigenvalue weighted by atomic mass is 9.83. The minimum absolute atomic E-state index is 0.133. The van der Waals surface area contributed by atoms with Crippen LogP contribution >= 0.6 is 0 Å². The number of ketones is 1. The molecule has 1 heterocycles. The highest BCUT2D eigenvalue weighted by Crippen LogP contribution is 2.30. The number of rotatable bonds is 11. The zero-order valence-electron chi connectivity index (χ0n) is 29.6. The molecule has 0 aromatic heterocycles. The predicted molar refractivity (Wildman–Crippen MR) is 183 cm³/mol. The molecule has 6 amide bonds. The van der Waals surface area contributed by atoms with E-state index in [4.69, 9.17) is 5.73 Å². The molecule has 1 aliphatic heterocycles. The van der Waals surface area contributed by atoms with Gasteiger partial charge in [-0.15, -0.1) is 0 Å². The van der Waals surface area contributed by atoms with Crippen molar-refractivity contribution in [2.75, 3.05) is 13.6 Å². The molecule has 4 atom stereocenters. The van der Waals surface area contributed by atoms with E-state index in [9.17, 15) is 28.8 Å². The molecule has 266 valence electrons. The Morgan fingerprint density at radius 2 is 1.50 bits per heavy atom. The van der Waals surface area contributed by atoms with E-state index in [-0.39, 0.29) is 17.7 Å². The number of urea groups is 1. The Labute approximate surface area is 285 Å². The van der Waals surface area contributed by atoms with Crippen LogP contribution in [-0.4, -0.2) is 83.0 Å². The van der Waals surface area contributed by atoms with Gasteiger partial charge in [0.25, 0.3) is 5.91 Å². The van der Waals surface area contributed by atoms with Crippen LogP contribution in [0.15, 0.2) is 30.3 Å². The lowest BCUT2D eigenvalue weighted by Crippen LogP contribution is -2.61. The quantitative estimate of drug-likeness (QED) is 0.264. The van der Waals surface area contributed by atoms with E-state index >= 15 is 0 Å². The van der Waals surface area contributed by atoms with Crippen LogP contribution in [0.5, 0.6) is 0 Å². The number of hydrogen-bond donors (Lipinski definition) is 4. The zero-order valence-corrected chi connectivity index (χ0v) is 29.6. The van der Waals surface area contributed by atoms with Crippen LogP contribution in [0, 0.1) is 17.3 Å². The normalized spacial score (nSPS) is 19.9. The van der Waals surface area contributed by atoms with Crippen LogP contribution in [0.2, 0.25) is 0 Å². The first-order chi connectivity index (χ1) is 22.6. The van der Waals surface area contributed by atoms with E-state index in [1.54, 1.807) is 11.9 Å². The van der Waals surface area contributed by atoms with Gasteiger partial charge in [0.1, 0.15) is 18.1 Å². The monoisotopic (exact) mass is 668 g/mol. The fourth-order valence-electron chi connectivity index (χ4n) is 6.20. The van der Waals surface area contributed by atoms with E-state index in [1.165, 1.54) is 24.7 Å². The molecule has 3 fully saturated rings. The zero-order chi connectivity index (χ0) is 35.6. The summed E-state index contributed by atoms with van der Waals surface area (Å²) in [6, 6.07) is 5.20. The van der Waals surface area contributed by atoms with Crippen molar-refractivity contribution in [1.82, 2.24) is 25.8 Å². The first-order valence-corrected chi connectivity index (χ1v) is 17.4. The number of carbonyl (C=O) groups excluding carboxylic acids is 6. The molecule has 1 saturated heterocycles. The smallest absolute Gasteiger partial charge is 0.316 e. The van der Waals surface area contributed by atoms with Gasteiger partial charge in [-0.25, -0.2) is 4.79 Å². The Hall–Kier alpha value is -3.96. The average molecular weight is 669 g/mol. The molecular formula is C36H56N6O6. The Kier molecular flexibility index (Phi) is 14.0. The topological polar surface area (TPSA) is 171 Å². The summed E-state index contributed by atoms with van der Waals surface area (Å²) in [5.41, 5.74) is 5.40. The fourth-order valence-corrected chi connectivity index (χ4v) is 6.20. The van der Waals surface area contributed by atoms with E-state index in [0.717, 1.165) is 43.6 Å². The summed E-state index contributed by atoms with van der Waals surface area (Å²) in [6.45, 7) is 9.94. The van der Waals surface area contributed by atoms with Crippen LogP contribution in [0.4, 0.5) is 4.79 Å². The van der Waals surface area contributed by atoms with Crippen molar-refractivity contribution in [3.63, 3.8) is 0 Å². The third-order valence-corrected chi connectivity index (χ3v) is 9.40. The maximum atomic E-state index is 14.0. The predicted octanol–water partition coefficient (Wildman–Crippen LogP) is 3.27. The number of amides is 6. The van der Waals surface area contributed by atoms with Gasteiger partial charge in [0.05, 0.1) is 6.04 Å². The number of Topliss-reactive ketones (excluding diaryl/α,β-unsaturated/α-hetero) is 1. The van der Waals surface area contributed by atoms with E-state index in [0.29, 0.717) is 25.9 Å². The second kappa shape index (κ2) is 17.4. The number of benzene rings is 1. The average Bonchev–Trinajstić information content (AvgIpc) is 3.67. The Balaban J connectivity index is 0.00000145. The molecule has 1 aromatic rings. The van der Waals surface area contributed by atoms with Crippen molar-refractivity contribution >= 4 is 35.4 Å². The van der Waals surface area contributed by atoms with Gasteiger partial charge in [-0.1, -0.05) is 90.1 Å². The second-order valence-corrected chi connectivity index (χ2v) is 14.8. The summed E-state index contributed by atoms with van der Waals surface area (Å²) in [4.78, 5) is 80.5. The largest absolute Gasteiger partial charge is 0.363 e. The number of primary amides is 1. The molecule has 0 spiro atoms. The summed E-state index contributed by atoms with van der Waals surface area (Å²) < 4.78 is 0. The van der Waals surface area contributed by atoms with Crippen molar-refractivity contribution in [1.29, 1.82) is 0 Å². The van der Waals surface area contributed by atoms with Crippen molar-refractivity contribution in [3.8, 4) is 0 Å². The van der Waals surface area contributed by atoms with Gasteiger partial charge in [-0.2, -0.15) is 0 Å². The third-order valence-electron chi connectivity index (χ3n) is 9.40. The molecule has 1 aromatic carbocycles.